The van der Waals surface area contributed by atoms with E-state index in [1.54, 1.807) is 19.2 Å². The molecule has 0 N–H and O–H groups in total. The molecule has 2 nitrogen and oxygen atoms in total. The molecule has 1 atom stereocenters. The van der Waals surface area contributed by atoms with Crippen LogP contribution in [0.15, 0.2) is 18.2 Å². The van der Waals surface area contributed by atoms with Gasteiger partial charge in [-0.15, -0.1) is 0 Å². The lowest BCUT2D eigenvalue weighted by atomic mass is 10.0. The van der Waals surface area contributed by atoms with Gasteiger partial charge in [0.2, 0.25) is 0 Å². The van der Waals surface area contributed by atoms with Crippen LogP contribution < -0.4 is 4.74 Å². The lowest BCUT2D eigenvalue weighted by Gasteiger charge is -2.07. The van der Waals surface area contributed by atoms with Gasteiger partial charge < -0.3 is 9.53 Å². The highest BCUT2D eigenvalue weighted by Crippen LogP contribution is 2.27. The predicted octanol–water partition coefficient (Wildman–Crippen LogP) is 2.65. The van der Waals surface area contributed by atoms with E-state index in [-0.39, 0.29) is 5.92 Å². The normalized spacial score (nSPS) is 12.2. The number of hydrogen-bond donors (Lipinski definition) is 0. The largest absolute Gasteiger partial charge is 0.495 e. The van der Waals surface area contributed by atoms with E-state index >= 15 is 0 Å². The number of hydrogen-bond acceptors (Lipinski definition) is 2. The highest BCUT2D eigenvalue weighted by molar-refractivity contribution is 6.32. The number of aldehydes is 1. The first-order valence-corrected chi connectivity index (χ1v) is 4.35. The zero-order chi connectivity index (χ0) is 9.84. The van der Waals surface area contributed by atoms with E-state index in [0.29, 0.717) is 10.8 Å². The molecule has 1 aromatic rings. The number of halogens is 1. The highest BCUT2D eigenvalue weighted by atomic mass is 35.5. The Labute approximate surface area is 82.5 Å². The monoisotopic (exact) mass is 198 g/mol. The Balaban J connectivity index is 3.05. The Morgan fingerprint density at radius 2 is 2.23 bits per heavy atom. The first-order chi connectivity index (χ1) is 6.19. The molecular formula is C10H11ClO2. The summed E-state index contributed by atoms with van der Waals surface area (Å²) >= 11 is 5.83. The standard InChI is InChI=1S/C10H11ClO2/c1-7(6-12)8-3-4-9(11)10(5-8)13-2/h3-7H,1-2H3. The van der Waals surface area contributed by atoms with Gasteiger partial charge in [-0.25, -0.2) is 0 Å². The topological polar surface area (TPSA) is 26.3 Å². The molecule has 0 heterocycles. The summed E-state index contributed by atoms with van der Waals surface area (Å²) in [5.74, 6) is 0.485. The zero-order valence-electron chi connectivity index (χ0n) is 7.58. The van der Waals surface area contributed by atoms with Crippen molar-refractivity contribution in [2.24, 2.45) is 0 Å². The van der Waals surface area contributed by atoms with Gasteiger partial charge in [-0.05, 0) is 17.7 Å². The molecule has 0 aliphatic rings. The van der Waals surface area contributed by atoms with Crippen LogP contribution in [0.5, 0.6) is 5.75 Å². The summed E-state index contributed by atoms with van der Waals surface area (Å²) in [5, 5.41) is 0.560. The van der Waals surface area contributed by atoms with Gasteiger partial charge in [0.15, 0.2) is 0 Å². The van der Waals surface area contributed by atoms with E-state index in [9.17, 15) is 4.79 Å². The van der Waals surface area contributed by atoms with Gasteiger partial charge in [0.25, 0.3) is 0 Å². The fraction of sp³-hybridized carbons (Fsp3) is 0.300. The predicted molar refractivity (Wildman–Crippen MR) is 52.5 cm³/mol. The summed E-state index contributed by atoms with van der Waals surface area (Å²) in [5.41, 5.74) is 0.913. The van der Waals surface area contributed by atoms with E-state index in [2.05, 4.69) is 0 Å². The molecule has 1 rings (SSSR count). The maximum atomic E-state index is 10.5. The fourth-order valence-electron chi connectivity index (χ4n) is 1.04. The maximum Gasteiger partial charge on any atom is 0.137 e. The van der Waals surface area contributed by atoms with E-state index in [4.69, 9.17) is 16.3 Å². The summed E-state index contributed by atoms with van der Waals surface area (Å²) < 4.78 is 5.03. The molecule has 0 amide bonds. The van der Waals surface area contributed by atoms with Crippen LogP contribution in [0.25, 0.3) is 0 Å². The van der Waals surface area contributed by atoms with Crippen molar-refractivity contribution in [2.75, 3.05) is 7.11 Å². The van der Waals surface area contributed by atoms with Gasteiger partial charge in [-0.3, -0.25) is 0 Å². The number of methoxy groups -OCH3 is 1. The Hall–Kier alpha value is -1.02. The smallest absolute Gasteiger partial charge is 0.137 e. The minimum Gasteiger partial charge on any atom is -0.495 e. The van der Waals surface area contributed by atoms with Crippen molar-refractivity contribution < 1.29 is 9.53 Å². The van der Waals surface area contributed by atoms with Crippen molar-refractivity contribution in [1.29, 1.82) is 0 Å². The van der Waals surface area contributed by atoms with Gasteiger partial charge in [-0.1, -0.05) is 24.6 Å². The molecular weight excluding hydrogens is 188 g/mol. The van der Waals surface area contributed by atoms with E-state index in [1.165, 1.54) is 0 Å². The van der Waals surface area contributed by atoms with Crippen molar-refractivity contribution in [3.05, 3.63) is 28.8 Å². The Morgan fingerprint density at radius 1 is 1.54 bits per heavy atom. The molecule has 0 spiro atoms. The minimum atomic E-state index is -0.119. The van der Waals surface area contributed by atoms with Crippen LogP contribution in [0, 0.1) is 0 Å². The number of carbonyl (C=O) groups excluding carboxylic acids is 1. The Bertz CT molecular complexity index is 310. The van der Waals surface area contributed by atoms with E-state index in [1.807, 2.05) is 13.0 Å². The van der Waals surface area contributed by atoms with Crippen molar-refractivity contribution in [3.63, 3.8) is 0 Å². The van der Waals surface area contributed by atoms with Crippen LogP contribution in [-0.4, -0.2) is 13.4 Å². The summed E-state index contributed by atoms with van der Waals surface area (Å²) in [6.45, 7) is 1.83. The third kappa shape index (κ3) is 2.22. The lowest BCUT2D eigenvalue weighted by Crippen LogP contribution is -1.95. The highest BCUT2D eigenvalue weighted by Gasteiger charge is 2.07. The second-order valence-corrected chi connectivity index (χ2v) is 3.23. The Morgan fingerprint density at radius 3 is 2.77 bits per heavy atom. The molecule has 0 saturated heterocycles. The van der Waals surface area contributed by atoms with Crippen LogP contribution in [-0.2, 0) is 4.79 Å². The van der Waals surface area contributed by atoms with Crippen molar-refractivity contribution in [2.45, 2.75) is 12.8 Å². The van der Waals surface area contributed by atoms with Crippen LogP contribution in [0.1, 0.15) is 18.4 Å². The Kier molecular flexibility index (Phi) is 3.32. The van der Waals surface area contributed by atoms with Crippen LogP contribution in [0.2, 0.25) is 5.02 Å². The molecule has 1 unspecified atom stereocenters. The average Bonchev–Trinajstić information content (AvgIpc) is 2.17. The van der Waals surface area contributed by atoms with Crippen molar-refractivity contribution in [3.8, 4) is 5.75 Å². The molecule has 0 radical (unpaired) electrons. The van der Waals surface area contributed by atoms with Crippen LogP contribution >= 0.6 is 11.6 Å². The summed E-state index contributed by atoms with van der Waals surface area (Å²) in [6.07, 6.45) is 0.892. The molecule has 0 bridgehead atoms. The summed E-state index contributed by atoms with van der Waals surface area (Å²) in [6, 6.07) is 5.33. The number of carbonyl (C=O) groups is 1. The first-order valence-electron chi connectivity index (χ1n) is 3.97. The lowest BCUT2D eigenvalue weighted by molar-refractivity contribution is -0.108. The quantitative estimate of drug-likeness (QED) is 0.698. The molecule has 0 aliphatic carbocycles. The third-order valence-electron chi connectivity index (χ3n) is 1.91. The van der Waals surface area contributed by atoms with Gasteiger partial charge in [-0.2, -0.15) is 0 Å². The molecule has 70 valence electrons. The maximum absolute atomic E-state index is 10.5. The summed E-state index contributed by atoms with van der Waals surface area (Å²) in [7, 11) is 1.55. The average molecular weight is 199 g/mol. The van der Waals surface area contributed by atoms with E-state index < -0.39 is 0 Å². The van der Waals surface area contributed by atoms with Gasteiger partial charge in [0.05, 0.1) is 12.1 Å². The molecule has 0 fully saturated rings. The molecule has 3 heteroatoms. The van der Waals surface area contributed by atoms with Crippen molar-refractivity contribution in [1.82, 2.24) is 0 Å². The second-order valence-electron chi connectivity index (χ2n) is 2.82. The van der Waals surface area contributed by atoms with Gasteiger partial charge in [0, 0.05) is 5.92 Å². The third-order valence-corrected chi connectivity index (χ3v) is 2.22. The molecule has 1 aromatic carbocycles. The van der Waals surface area contributed by atoms with Gasteiger partial charge >= 0.3 is 0 Å². The second kappa shape index (κ2) is 4.28. The zero-order valence-corrected chi connectivity index (χ0v) is 8.34. The number of benzene rings is 1. The van der Waals surface area contributed by atoms with Crippen LogP contribution in [0.3, 0.4) is 0 Å². The van der Waals surface area contributed by atoms with Crippen LogP contribution in [0.4, 0.5) is 0 Å². The molecule has 0 saturated carbocycles. The SMILES string of the molecule is COc1cc(C(C)C=O)ccc1Cl. The van der Waals surface area contributed by atoms with Gasteiger partial charge in [0.1, 0.15) is 12.0 Å². The molecule has 0 aliphatic heterocycles. The number of rotatable bonds is 3. The first kappa shape index (κ1) is 10.1. The summed E-state index contributed by atoms with van der Waals surface area (Å²) in [4.78, 5) is 10.5. The van der Waals surface area contributed by atoms with E-state index in [0.717, 1.165) is 11.8 Å². The molecule has 13 heavy (non-hydrogen) atoms. The number of ether oxygens (including phenoxy) is 1. The molecule has 0 aromatic heterocycles. The fourth-order valence-corrected chi connectivity index (χ4v) is 1.23. The van der Waals surface area contributed by atoms with Crippen molar-refractivity contribution >= 4 is 17.9 Å². The minimum absolute atomic E-state index is 0.119.